The standard InChI is InChI=1S/C14H14FNO2/c1-9(14-12(17)7-4-8-13(14)18)16-11-6-3-2-5-10(11)15/h2-9,16-18H,1H3. The van der Waals surface area contributed by atoms with Crippen molar-refractivity contribution in [3.63, 3.8) is 0 Å². The molecule has 0 radical (unpaired) electrons. The van der Waals surface area contributed by atoms with Crippen LogP contribution in [0.5, 0.6) is 11.5 Å². The largest absolute Gasteiger partial charge is 0.507 e. The maximum absolute atomic E-state index is 13.5. The third kappa shape index (κ3) is 2.37. The van der Waals surface area contributed by atoms with Crippen molar-refractivity contribution in [3.8, 4) is 11.5 Å². The Labute approximate surface area is 105 Å². The second-order valence-electron chi connectivity index (χ2n) is 4.06. The lowest BCUT2D eigenvalue weighted by atomic mass is 10.1. The number of halogens is 1. The van der Waals surface area contributed by atoms with Crippen LogP contribution in [0.25, 0.3) is 0 Å². The Kier molecular flexibility index (Phi) is 3.37. The number of phenols is 2. The van der Waals surface area contributed by atoms with Crippen LogP contribution in [0.1, 0.15) is 18.5 Å². The second kappa shape index (κ2) is 4.96. The third-order valence-electron chi connectivity index (χ3n) is 2.74. The Balaban J connectivity index is 2.28. The Bertz CT molecular complexity index is 537. The van der Waals surface area contributed by atoms with Gasteiger partial charge in [-0.05, 0) is 31.2 Å². The predicted octanol–water partition coefficient (Wildman–Crippen LogP) is 3.41. The highest BCUT2D eigenvalue weighted by atomic mass is 19.1. The molecule has 0 aliphatic rings. The van der Waals surface area contributed by atoms with Crippen molar-refractivity contribution in [1.29, 1.82) is 0 Å². The van der Waals surface area contributed by atoms with Crippen LogP contribution in [0.2, 0.25) is 0 Å². The maximum atomic E-state index is 13.5. The van der Waals surface area contributed by atoms with E-state index in [2.05, 4.69) is 5.32 Å². The van der Waals surface area contributed by atoms with Crippen LogP contribution in [-0.2, 0) is 0 Å². The molecule has 0 saturated carbocycles. The summed E-state index contributed by atoms with van der Waals surface area (Å²) in [5, 5.41) is 22.3. The minimum atomic E-state index is -0.414. The molecule has 0 saturated heterocycles. The highest BCUT2D eigenvalue weighted by molar-refractivity contribution is 5.51. The van der Waals surface area contributed by atoms with Crippen LogP contribution < -0.4 is 5.32 Å². The fourth-order valence-corrected chi connectivity index (χ4v) is 1.87. The topological polar surface area (TPSA) is 52.5 Å². The number of aromatic hydroxyl groups is 2. The van der Waals surface area contributed by atoms with Crippen LogP contribution in [0.15, 0.2) is 42.5 Å². The Morgan fingerprint density at radius 2 is 1.61 bits per heavy atom. The van der Waals surface area contributed by atoms with Gasteiger partial charge in [0.15, 0.2) is 0 Å². The summed E-state index contributed by atoms with van der Waals surface area (Å²) in [5.41, 5.74) is 0.674. The summed E-state index contributed by atoms with van der Waals surface area (Å²) in [5.74, 6) is -0.420. The summed E-state index contributed by atoms with van der Waals surface area (Å²) in [7, 11) is 0. The molecule has 0 aliphatic heterocycles. The fourth-order valence-electron chi connectivity index (χ4n) is 1.87. The Morgan fingerprint density at radius 1 is 1.00 bits per heavy atom. The summed E-state index contributed by atoms with van der Waals surface area (Å²) in [6.07, 6.45) is 0. The summed E-state index contributed by atoms with van der Waals surface area (Å²) < 4.78 is 13.5. The van der Waals surface area contributed by atoms with E-state index in [4.69, 9.17) is 0 Å². The number of hydrogen-bond acceptors (Lipinski definition) is 3. The summed E-state index contributed by atoms with van der Waals surface area (Å²) >= 11 is 0. The van der Waals surface area contributed by atoms with Gasteiger partial charge in [0.25, 0.3) is 0 Å². The molecule has 0 aliphatic carbocycles. The minimum absolute atomic E-state index is 0.0219. The van der Waals surface area contributed by atoms with Gasteiger partial charge in [-0.15, -0.1) is 0 Å². The SMILES string of the molecule is CC(Nc1ccccc1F)c1c(O)cccc1O. The molecule has 0 fully saturated rings. The van der Waals surface area contributed by atoms with Crippen molar-refractivity contribution in [2.75, 3.05) is 5.32 Å². The molecule has 2 rings (SSSR count). The van der Waals surface area contributed by atoms with Gasteiger partial charge >= 0.3 is 0 Å². The van der Waals surface area contributed by atoms with Gasteiger partial charge in [-0.3, -0.25) is 0 Å². The highest BCUT2D eigenvalue weighted by Gasteiger charge is 2.15. The van der Waals surface area contributed by atoms with E-state index in [1.807, 2.05) is 0 Å². The Morgan fingerprint density at radius 3 is 2.22 bits per heavy atom. The van der Waals surface area contributed by atoms with E-state index in [9.17, 15) is 14.6 Å². The number of phenolic OH excluding ortho intramolecular Hbond substituents is 2. The lowest BCUT2D eigenvalue weighted by molar-refractivity contribution is 0.434. The van der Waals surface area contributed by atoms with Gasteiger partial charge in [0.1, 0.15) is 17.3 Å². The summed E-state index contributed by atoms with van der Waals surface area (Å²) in [4.78, 5) is 0. The molecule has 18 heavy (non-hydrogen) atoms. The molecule has 1 unspecified atom stereocenters. The Hall–Kier alpha value is -2.23. The molecule has 2 aromatic rings. The number of hydrogen-bond donors (Lipinski definition) is 3. The molecule has 0 spiro atoms. The molecule has 3 N–H and O–H groups in total. The molecular formula is C14H14FNO2. The van der Waals surface area contributed by atoms with E-state index in [1.54, 1.807) is 31.2 Å². The molecule has 1 atom stereocenters. The van der Waals surface area contributed by atoms with E-state index >= 15 is 0 Å². The van der Waals surface area contributed by atoms with Crippen LogP contribution in [0.4, 0.5) is 10.1 Å². The van der Waals surface area contributed by atoms with Crippen molar-refractivity contribution in [2.45, 2.75) is 13.0 Å². The fraction of sp³-hybridized carbons (Fsp3) is 0.143. The molecule has 0 bridgehead atoms. The van der Waals surface area contributed by atoms with Gasteiger partial charge in [0, 0.05) is 0 Å². The van der Waals surface area contributed by atoms with Crippen LogP contribution in [0.3, 0.4) is 0 Å². The second-order valence-corrected chi connectivity index (χ2v) is 4.06. The zero-order valence-electron chi connectivity index (χ0n) is 9.89. The van der Waals surface area contributed by atoms with Gasteiger partial charge in [-0.1, -0.05) is 18.2 Å². The minimum Gasteiger partial charge on any atom is -0.507 e. The summed E-state index contributed by atoms with van der Waals surface area (Å²) in [6.45, 7) is 1.74. The van der Waals surface area contributed by atoms with Gasteiger partial charge in [0.05, 0.1) is 17.3 Å². The average molecular weight is 247 g/mol. The zero-order chi connectivity index (χ0) is 13.1. The number of para-hydroxylation sites is 1. The highest BCUT2D eigenvalue weighted by Crippen LogP contribution is 2.34. The van der Waals surface area contributed by atoms with Crippen molar-refractivity contribution < 1.29 is 14.6 Å². The lowest BCUT2D eigenvalue weighted by Crippen LogP contribution is -2.08. The van der Waals surface area contributed by atoms with Gasteiger partial charge in [-0.25, -0.2) is 4.39 Å². The molecule has 2 aromatic carbocycles. The van der Waals surface area contributed by atoms with Crippen molar-refractivity contribution in [1.82, 2.24) is 0 Å². The number of rotatable bonds is 3. The molecule has 0 heterocycles. The first-order valence-electron chi connectivity index (χ1n) is 5.61. The molecule has 4 heteroatoms. The van der Waals surface area contributed by atoms with Gasteiger partial charge in [0.2, 0.25) is 0 Å². The van der Waals surface area contributed by atoms with Crippen LogP contribution >= 0.6 is 0 Å². The number of nitrogens with one attached hydrogen (secondary N) is 1. The van der Waals surface area contributed by atoms with E-state index in [-0.39, 0.29) is 17.3 Å². The van der Waals surface area contributed by atoms with Crippen molar-refractivity contribution in [3.05, 3.63) is 53.8 Å². The molecule has 3 nitrogen and oxygen atoms in total. The van der Waals surface area contributed by atoms with E-state index in [0.717, 1.165) is 0 Å². The third-order valence-corrected chi connectivity index (χ3v) is 2.74. The van der Waals surface area contributed by atoms with Crippen molar-refractivity contribution in [2.24, 2.45) is 0 Å². The predicted molar refractivity (Wildman–Crippen MR) is 68.2 cm³/mol. The first-order valence-corrected chi connectivity index (χ1v) is 5.61. The van der Waals surface area contributed by atoms with Gasteiger partial charge in [-0.2, -0.15) is 0 Å². The quantitative estimate of drug-likeness (QED) is 0.779. The number of anilines is 1. The normalized spacial score (nSPS) is 12.1. The van der Waals surface area contributed by atoms with Crippen LogP contribution in [-0.4, -0.2) is 10.2 Å². The molecule has 0 amide bonds. The molecule has 94 valence electrons. The maximum Gasteiger partial charge on any atom is 0.146 e. The number of benzene rings is 2. The zero-order valence-corrected chi connectivity index (χ0v) is 9.89. The summed E-state index contributed by atoms with van der Waals surface area (Å²) in [6, 6.07) is 10.4. The van der Waals surface area contributed by atoms with Gasteiger partial charge < -0.3 is 15.5 Å². The first-order chi connectivity index (χ1) is 8.59. The van der Waals surface area contributed by atoms with E-state index < -0.39 is 6.04 Å². The smallest absolute Gasteiger partial charge is 0.146 e. The average Bonchev–Trinajstić information content (AvgIpc) is 2.32. The van der Waals surface area contributed by atoms with Crippen LogP contribution in [0, 0.1) is 5.82 Å². The van der Waals surface area contributed by atoms with Crippen molar-refractivity contribution >= 4 is 5.69 Å². The first kappa shape index (κ1) is 12.2. The monoisotopic (exact) mass is 247 g/mol. The molecule has 0 aromatic heterocycles. The molecular weight excluding hydrogens is 233 g/mol. The van der Waals surface area contributed by atoms with E-state index in [1.165, 1.54) is 18.2 Å². The lowest BCUT2D eigenvalue weighted by Gasteiger charge is -2.18. The van der Waals surface area contributed by atoms with E-state index in [0.29, 0.717) is 11.3 Å².